The van der Waals surface area contributed by atoms with Gasteiger partial charge in [-0.05, 0) is 44.7 Å². The minimum absolute atomic E-state index is 0.829. The number of hydrogen-bond acceptors (Lipinski definition) is 1. The molecule has 0 saturated carbocycles. The van der Waals surface area contributed by atoms with E-state index in [2.05, 4.69) is 18.7 Å². The van der Waals surface area contributed by atoms with Crippen LogP contribution in [-0.4, -0.2) is 29.9 Å². The normalized spacial score (nSPS) is 22.8. The van der Waals surface area contributed by atoms with E-state index < -0.39 is 0 Å². The summed E-state index contributed by atoms with van der Waals surface area (Å²) in [4.78, 5) is 2.70. The Morgan fingerprint density at radius 3 is 2.60 bits per heavy atom. The fourth-order valence-corrected chi connectivity index (χ4v) is 2.84. The summed E-state index contributed by atoms with van der Waals surface area (Å²) in [6.45, 7) is 7.36. The second-order valence-electron chi connectivity index (χ2n) is 5.09. The maximum Gasteiger partial charge on any atom is 0.0223 e. The van der Waals surface area contributed by atoms with Crippen LogP contribution < -0.4 is 0 Å². The number of nitrogens with zero attached hydrogens (tertiary/aromatic N) is 1. The Morgan fingerprint density at radius 1 is 1.20 bits per heavy atom. The lowest BCUT2D eigenvalue weighted by Crippen LogP contribution is -2.34. The largest absolute Gasteiger partial charge is 0.300 e. The highest BCUT2D eigenvalue weighted by molar-refractivity contribution is 6.17. The Bertz CT molecular complexity index is 159. The lowest BCUT2D eigenvalue weighted by molar-refractivity contribution is 0.203. The van der Waals surface area contributed by atoms with Crippen molar-refractivity contribution >= 4 is 11.6 Å². The van der Waals surface area contributed by atoms with Crippen LogP contribution in [0.5, 0.6) is 0 Å². The standard InChI is InChI=1S/C13H26ClN/c1-12(2)13-8-7-11-15(13)10-6-4-3-5-9-14/h12-13H,3-11H2,1-2H3. The zero-order valence-corrected chi connectivity index (χ0v) is 11.1. The van der Waals surface area contributed by atoms with E-state index in [0.717, 1.165) is 17.8 Å². The van der Waals surface area contributed by atoms with Crippen LogP contribution >= 0.6 is 11.6 Å². The molecule has 0 radical (unpaired) electrons. The Morgan fingerprint density at radius 2 is 1.93 bits per heavy atom. The SMILES string of the molecule is CC(C)C1CCCN1CCCCCCCl. The Labute approximate surface area is 100 Å². The van der Waals surface area contributed by atoms with Gasteiger partial charge >= 0.3 is 0 Å². The van der Waals surface area contributed by atoms with Crippen LogP contribution in [0.1, 0.15) is 52.4 Å². The van der Waals surface area contributed by atoms with E-state index in [1.165, 1.54) is 51.6 Å². The number of alkyl halides is 1. The molecule has 1 atom stereocenters. The van der Waals surface area contributed by atoms with Crippen LogP contribution in [0.3, 0.4) is 0 Å². The number of rotatable bonds is 7. The van der Waals surface area contributed by atoms with Gasteiger partial charge < -0.3 is 4.90 Å². The highest BCUT2D eigenvalue weighted by Crippen LogP contribution is 2.23. The highest BCUT2D eigenvalue weighted by atomic mass is 35.5. The minimum Gasteiger partial charge on any atom is -0.300 e. The Hall–Kier alpha value is 0.250. The van der Waals surface area contributed by atoms with Crippen molar-refractivity contribution in [3.8, 4) is 0 Å². The van der Waals surface area contributed by atoms with E-state index in [1.807, 2.05) is 0 Å². The fraction of sp³-hybridized carbons (Fsp3) is 1.00. The molecule has 0 amide bonds. The van der Waals surface area contributed by atoms with Crippen molar-refractivity contribution in [2.24, 2.45) is 5.92 Å². The number of halogens is 1. The number of likely N-dealkylation sites (tertiary alicyclic amines) is 1. The second-order valence-corrected chi connectivity index (χ2v) is 5.47. The zero-order valence-electron chi connectivity index (χ0n) is 10.3. The molecule has 0 aromatic carbocycles. The lowest BCUT2D eigenvalue weighted by Gasteiger charge is -2.27. The van der Waals surface area contributed by atoms with Crippen LogP contribution in [0.2, 0.25) is 0 Å². The molecule has 2 heteroatoms. The summed E-state index contributed by atoms with van der Waals surface area (Å²) in [7, 11) is 0. The maximum absolute atomic E-state index is 5.66. The molecule has 0 aromatic heterocycles. The zero-order chi connectivity index (χ0) is 11.1. The van der Waals surface area contributed by atoms with E-state index in [0.29, 0.717) is 0 Å². The van der Waals surface area contributed by atoms with Gasteiger partial charge in [0.2, 0.25) is 0 Å². The van der Waals surface area contributed by atoms with E-state index >= 15 is 0 Å². The molecule has 1 aliphatic heterocycles. The van der Waals surface area contributed by atoms with Gasteiger partial charge in [0.25, 0.3) is 0 Å². The molecule has 0 aromatic rings. The molecular formula is C13H26ClN. The molecule has 0 aliphatic carbocycles. The molecule has 1 saturated heterocycles. The molecule has 15 heavy (non-hydrogen) atoms. The average molecular weight is 232 g/mol. The molecule has 0 spiro atoms. The first-order chi connectivity index (χ1) is 7.25. The topological polar surface area (TPSA) is 3.24 Å². The first-order valence-electron chi connectivity index (χ1n) is 6.55. The second kappa shape index (κ2) is 7.51. The third kappa shape index (κ3) is 4.74. The van der Waals surface area contributed by atoms with Crippen molar-refractivity contribution in [2.45, 2.75) is 58.4 Å². The molecule has 0 N–H and O–H groups in total. The molecule has 1 fully saturated rings. The monoisotopic (exact) mass is 231 g/mol. The van der Waals surface area contributed by atoms with Gasteiger partial charge in [-0.3, -0.25) is 0 Å². The van der Waals surface area contributed by atoms with Gasteiger partial charge in [0, 0.05) is 11.9 Å². The van der Waals surface area contributed by atoms with Crippen LogP contribution in [0.15, 0.2) is 0 Å². The Kier molecular flexibility index (Phi) is 6.67. The van der Waals surface area contributed by atoms with Crippen molar-refractivity contribution in [2.75, 3.05) is 19.0 Å². The fourth-order valence-electron chi connectivity index (χ4n) is 2.65. The van der Waals surface area contributed by atoms with Crippen molar-refractivity contribution < 1.29 is 0 Å². The van der Waals surface area contributed by atoms with Crippen molar-refractivity contribution in [1.29, 1.82) is 0 Å². The number of hydrogen-bond donors (Lipinski definition) is 0. The summed E-state index contributed by atoms with van der Waals surface area (Å²) in [5, 5.41) is 0. The van der Waals surface area contributed by atoms with Crippen LogP contribution in [0.4, 0.5) is 0 Å². The predicted octanol–water partition coefficient (Wildman–Crippen LogP) is 3.91. The Balaban J connectivity index is 2.09. The quantitative estimate of drug-likeness (QED) is 0.475. The highest BCUT2D eigenvalue weighted by Gasteiger charge is 2.25. The first-order valence-corrected chi connectivity index (χ1v) is 7.09. The molecule has 1 aliphatic rings. The van der Waals surface area contributed by atoms with E-state index in [-0.39, 0.29) is 0 Å². The van der Waals surface area contributed by atoms with E-state index in [1.54, 1.807) is 0 Å². The average Bonchev–Trinajstić information content (AvgIpc) is 2.66. The lowest BCUT2D eigenvalue weighted by atomic mass is 10.0. The summed E-state index contributed by atoms with van der Waals surface area (Å²) in [6, 6.07) is 0.859. The smallest absolute Gasteiger partial charge is 0.0223 e. The van der Waals surface area contributed by atoms with Gasteiger partial charge in [-0.15, -0.1) is 11.6 Å². The summed E-state index contributed by atoms with van der Waals surface area (Å²) in [6.07, 6.45) is 8.04. The molecule has 1 rings (SSSR count). The summed E-state index contributed by atoms with van der Waals surface area (Å²) in [5.41, 5.74) is 0. The number of unbranched alkanes of at least 4 members (excludes halogenated alkanes) is 3. The molecule has 0 bridgehead atoms. The maximum atomic E-state index is 5.66. The summed E-state index contributed by atoms with van der Waals surface area (Å²) < 4.78 is 0. The third-order valence-corrected chi connectivity index (χ3v) is 3.78. The van der Waals surface area contributed by atoms with Gasteiger partial charge in [-0.25, -0.2) is 0 Å². The van der Waals surface area contributed by atoms with Crippen molar-refractivity contribution in [1.82, 2.24) is 4.90 Å². The molecule has 1 nitrogen and oxygen atoms in total. The van der Waals surface area contributed by atoms with Gasteiger partial charge in [0.15, 0.2) is 0 Å². The van der Waals surface area contributed by atoms with E-state index in [9.17, 15) is 0 Å². The third-order valence-electron chi connectivity index (χ3n) is 3.51. The van der Waals surface area contributed by atoms with Gasteiger partial charge in [0.05, 0.1) is 0 Å². The van der Waals surface area contributed by atoms with Crippen LogP contribution in [-0.2, 0) is 0 Å². The van der Waals surface area contributed by atoms with Gasteiger partial charge in [-0.1, -0.05) is 26.7 Å². The first kappa shape index (κ1) is 13.3. The molecule has 1 unspecified atom stereocenters. The van der Waals surface area contributed by atoms with Crippen molar-refractivity contribution in [3.63, 3.8) is 0 Å². The van der Waals surface area contributed by atoms with Gasteiger partial charge in [-0.2, -0.15) is 0 Å². The minimum atomic E-state index is 0.829. The van der Waals surface area contributed by atoms with Gasteiger partial charge in [0.1, 0.15) is 0 Å². The molecule has 90 valence electrons. The summed E-state index contributed by atoms with van der Waals surface area (Å²) >= 11 is 5.66. The van der Waals surface area contributed by atoms with Crippen molar-refractivity contribution in [3.05, 3.63) is 0 Å². The van der Waals surface area contributed by atoms with Crippen LogP contribution in [0, 0.1) is 5.92 Å². The summed E-state index contributed by atoms with van der Waals surface area (Å²) in [5.74, 6) is 1.66. The van der Waals surface area contributed by atoms with E-state index in [4.69, 9.17) is 11.6 Å². The van der Waals surface area contributed by atoms with Crippen LogP contribution in [0.25, 0.3) is 0 Å². The molecule has 1 heterocycles. The predicted molar refractivity (Wildman–Crippen MR) is 68.6 cm³/mol. The molecular weight excluding hydrogens is 206 g/mol.